The zero-order valence-electron chi connectivity index (χ0n) is 12.0. The van der Waals surface area contributed by atoms with E-state index >= 15 is 0 Å². The third kappa shape index (κ3) is 2.90. The van der Waals surface area contributed by atoms with Crippen LogP contribution in [0, 0.1) is 0 Å². The van der Waals surface area contributed by atoms with Gasteiger partial charge >= 0.3 is 0 Å². The van der Waals surface area contributed by atoms with Gasteiger partial charge in [-0.2, -0.15) is 0 Å². The van der Waals surface area contributed by atoms with Gasteiger partial charge in [-0.15, -0.1) is 0 Å². The second-order valence-electron chi connectivity index (χ2n) is 5.53. The summed E-state index contributed by atoms with van der Waals surface area (Å²) in [4.78, 5) is 29.8. The van der Waals surface area contributed by atoms with E-state index in [1.54, 1.807) is 7.11 Å². The van der Waals surface area contributed by atoms with Crippen molar-refractivity contribution in [2.45, 2.75) is 24.9 Å². The minimum atomic E-state index is 0.0665. The van der Waals surface area contributed by atoms with E-state index in [-0.39, 0.29) is 23.9 Å². The van der Waals surface area contributed by atoms with E-state index in [0.717, 1.165) is 13.0 Å². The SMILES string of the molecule is COCCN1C(=O)C[C@H]2[C@@H]1CCN2C(=O)CN(C)C. The van der Waals surface area contributed by atoms with E-state index in [0.29, 0.717) is 26.1 Å². The Kier molecular flexibility index (Phi) is 4.42. The Hall–Kier alpha value is -1.14. The summed E-state index contributed by atoms with van der Waals surface area (Å²) >= 11 is 0. The van der Waals surface area contributed by atoms with Gasteiger partial charge < -0.3 is 19.4 Å². The molecule has 0 bridgehead atoms. The number of ether oxygens (including phenoxy) is 1. The van der Waals surface area contributed by atoms with E-state index in [2.05, 4.69) is 0 Å². The largest absolute Gasteiger partial charge is 0.383 e. The van der Waals surface area contributed by atoms with Crippen molar-refractivity contribution < 1.29 is 14.3 Å². The summed E-state index contributed by atoms with van der Waals surface area (Å²) in [6.07, 6.45) is 1.35. The summed E-state index contributed by atoms with van der Waals surface area (Å²) in [5.41, 5.74) is 0. The van der Waals surface area contributed by atoms with Crippen LogP contribution >= 0.6 is 0 Å². The van der Waals surface area contributed by atoms with Gasteiger partial charge in [0.1, 0.15) is 0 Å². The number of amides is 2. The highest BCUT2D eigenvalue weighted by molar-refractivity contribution is 5.84. The van der Waals surface area contributed by atoms with Crippen molar-refractivity contribution in [3.05, 3.63) is 0 Å². The lowest BCUT2D eigenvalue weighted by Gasteiger charge is -2.26. The van der Waals surface area contributed by atoms with Gasteiger partial charge in [0, 0.05) is 26.6 Å². The van der Waals surface area contributed by atoms with Gasteiger partial charge in [-0.3, -0.25) is 9.59 Å². The lowest BCUT2D eigenvalue weighted by molar-refractivity contribution is -0.132. The van der Waals surface area contributed by atoms with Crippen LogP contribution in [0.3, 0.4) is 0 Å². The normalized spacial score (nSPS) is 26.4. The molecule has 108 valence electrons. The number of likely N-dealkylation sites (tertiary alicyclic amines) is 2. The van der Waals surface area contributed by atoms with E-state index < -0.39 is 0 Å². The van der Waals surface area contributed by atoms with Crippen LogP contribution in [-0.4, -0.2) is 86.0 Å². The molecule has 0 aromatic heterocycles. The highest BCUT2D eigenvalue weighted by atomic mass is 16.5. The van der Waals surface area contributed by atoms with E-state index in [1.807, 2.05) is 28.8 Å². The first-order valence-corrected chi connectivity index (χ1v) is 6.77. The number of fused-ring (bicyclic) bond motifs is 1. The molecular formula is C13H23N3O3. The van der Waals surface area contributed by atoms with Crippen molar-refractivity contribution in [2.24, 2.45) is 0 Å². The predicted octanol–water partition coefficient (Wildman–Crippen LogP) is -0.604. The van der Waals surface area contributed by atoms with Crippen molar-refractivity contribution in [1.29, 1.82) is 0 Å². The average molecular weight is 269 g/mol. The molecule has 0 aliphatic carbocycles. The van der Waals surface area contributed by atoms with E-state index in [9.17, 15) is 9.59 Å². The maximum absolute atomic E-state index is 12.2. The monoisotopic (exact) mass is 269 g/mol. The Balaban J connectivity index is 1.99. The second kappa shape index (κ2) is 5.88. The zero-order valence-corrected chi connectivity index (χ0v) is 12.0. The molecule has 2 amide bonds. The number of methoxy groups -OCH3 is 1. The number of carbonyl (C=O) groups is 2. The maximum Gasteiger partial charge on any atom is 0.237 e. The second-order valence-corrected chi connectivity index (χ2v) is 5.53. The van der Waals surface area contributed by atoms with Crippen molar-refractivity contribution in [3.63, 3.8) is 0 Å². The Bertz CT molecular complexity index is 359. The zero-order chi connectivity index (χ0) is 14.0. The van der Waals surface area contributed by atoms with Crippen LogP contribution in [0.2, 0.25) is 0 Å². The Morgan fingerprint density at radius 3 is 2.79 bits per heavy atom. The van der Waals surface area contributed by atoms with Crippen molar-refractivity contribution >= 4 is 11.8 Å². The molecular weight excluding hydrogens is 246 g/mol. The van der Waals surface area contributed by atoms with Crippen LogP contribution in [0.5, 0.6) is 0 Å². The molecule has 6 nitrogen and oxygen atoms in total. The summed E-state index contributed by atoms with van der Waals surface area (Å²) in [7, 11) is 5.41. The molecule has 2 fully saturated rings. The molecule has 0 aromatic rings. The molecule has 2 aliphatic rings. The molecule has 6 heteroatoms. The molecule has 2 rings (SSSR count). The predicted molar refractivity (Wildman–Crippen MR) is 70.7 cm³/mol. The fourth-order valence-electron chi connectivity index (χ4n) is 3.08. The van der Waals surface area contributed by atoms with Crippen molar-refractivity contribution in [3.8, 4) is 0 Å². The molecule has 0 saturated carbocycles. The molecule has 0 spiro atoms. The summed E-state index contributed by atoms with van der Waals surface area (Å²) in [6.45, 7) is 2.36. The summed E-state index contributed by atoms with van der Waals surface area (Å²) < 4.78 is 5.05. The minimum Gasteiger partial charge on any atom is -0.383 e. The highest BCUT2D eigenvalue weighted by Crippen LogP contribution is 2.32. The number of hydrogen-bond acceptors (Lipinski definition) is 4. The van der Waals surface area contributed by atoms with Crippen molar-refractivity contribution in [2.75, 3.05) is 47.4 Å². The topological polar surface area (TPSA) is 53.1 Å². The molecule has 0 N–H and O–H groups in total. The molecule has 2 saturated heterocycles. The molecule has 0 unspecified atom stereocenters. The molecule has 2 heterocycles. The smallest absolute Gasteiger partial charge is 0.237 e. The first kappa shape index (κ1) is 14.3. The summed E-state index contributed by atoms with van der Waals surface area (Å²) in [5.74, 6) is 0.272. The lowest BCUT2D eigenvalue weighted by atomic mass is 10.1. The Morgan fingerprint density at radius 1 is 1.42 bits per heavy atom. The number of hydrogen-bond donors (Lipinski definition) is 0. The van der Waals surface area contributed by atoms with Gasteiger partial charge in [0.05, 0.1) is 25.2 Å². The maximum atomic E-state index is 12.2. The number of likely N-dealkylation sites (N-methyl/N-ethyl adjacent to an activating group) is 1. The third-order valence-electron chi connectivity index (χ3n) is 3.92. The van der Waals surface area contributed by atoms with Crippen LogP contribution in [-0.2, 0) is 14.3 Å². The van der Waals surface area contributed by atoms with Gasteiger partial charge in [0.25, 0.3) is 0 Å². The first-order chi connectivity index (χ1) is 9.04. The number of nitrogens with zero attached hydrogens (tertiary/aromatic N) is 3. The van der Waals surface area contributed by atoms with E-state index in [4.69, 9.17) is 4.74 Å². The summed E-state index contributed by atoms with van der Waals surface area (Å²) in [6, 6.07) is 0.255. The van der Waals surface area contributed by atoms with Gasteiger partial charge in [-0.25, -0.2) is 0 Å². The van der Waals surface area contributed by atoms with Crippen LogP contribution in [0.1, 0.15) is 12.8 Å². The Morgan fingerprint density at radius 2 is 2.16 bits per heavy atom. The van der Waals surface area contributed by atoms with Crippen molar-refractivity contribution in [1.82, 2.24) is 14.7 Å². The Labute approximate surface area is 114 Å². The fraction of sp³-hybridized carbons (Fsp3) is 0.846. The minimum absolute atomic E-state index is 0.0665. The van der Waals surface area contributed by atoms with Gasteiger partial charge in [0.15, 0.2) is 0 Å². The molecule has 0 aromatic carbocycles. The molecule has 19 heavy (non-hydrogen) atoms. The molecule has 2 aliphatic heterocycles. The van der Waals surface area contributed by atoms with Crippen LogP contribution < -0.4 is 0 Å². The van der Waals surface area contributed by atoms with Crippen LogP contribution in [0.25, 0.3) is 0 Å². The summed E-state index contributed by atoms with van der Waals surface area (Å²) in [5, 5.41) is 0. The van der Waals surface area contributed by atoms with Crippen LogP contribution in [0.15, 0.2) is 0 Å². The number of rotatable bonds is 5. The first-order valence-electron chi connectivity index (χ1n) is 6.77. The fourth-order valence-corrected chi connectivity index (χ4v) is 3.08. The molecule has 0 radical (unpaired) electrons. The standard InChI is InChI=1S/C13H23N3O3/c1-14(2)9-13(18)15-5-4-10-11(15)8-12(17)16(10)6-7-19-3/h10-11H,4-9H2,1-3H3/t10-,11-/m0/s1. The quantitative estimate of drug-likeness (QED) is 0.668. The lowest BCUT2D eigenvalue weighted by Crippen LogP contribution is -2.43. The van der Waals surface area contributed by atoms with Gasteiger partial charge in [-0.1, -0.05) is 0 Å². The third-order valence-corrected chi connectivity index (χ3v) is 3.92. The average Bonchev–Trinajstić information content (AvgIpc) is 2.84. The van der Waals surface area contributed by atoms with Gasteiger partial charge in [0.2, 0.25) is 11.8 Å². The van der Waals surface area contributed by atoms with Crippen LogP contribution in [0.4, 0.5) is 0 Å². The number of carbonyl (C=O) groups excluding carboxylic acids is 2. The van der Waals surface area contributed by atoms with E-state index in [1.165, 1.54) is 0 Å². The molecule has 2 atom stereocenters. The highest BCUT2D eigenvalue weighted by Gasteiger charge is 2.47. The van der Waals surface area contributed by atoms with Gasteiger partial charge in [-0.05, 0) is 20.5 Å².